The summed E-state index contributed by atoms with van der Waals surface area (Å²) in [4.78, 5) is 35.7. The van der Waals surface area contributed by atoms with Crippen molar-refractivity contribution in [2.24, 2.45) is 11.8 Å². The molecule has 5 nitrogen and oxygen atoms in total. The molecule has 0 spiro atoms. The van der Waals surface area contributed by atoms with Gasteiger partial charge in [0.25, 0.3) is 0 Å². The Labute approximate surface area is 113 Å². The Morgan fingerprint density at radius 1 is 1.32 bits per heavy atom. The molecule has 0 amide bonds. The smallest absolute Gasteiger partial charge is 0.316 e. The van der Waals surface area contributed by atoms with Crippen LogP contribution in [0.25, 0.3) is 0 Å². The maximum Gasteiger partial charge on any atom is 0.316 e. The van der Waals surface area contributed by atoms with Crippen molar-refractivity contribution in [2.45, 2.75) is 39.5 Å². The number of Topliss-reactive ketones (excluding diaryl/α,β-unsaturated/α-hetero) is 2. The second-order valence-corrected chi connectivity index (χ2v) is 4.75. The molecule has 1 aliphatic rings. The van der Waals surface area contributed by atoms with Crippen LogP contribution in [0, 0.1) is 11.8 Å². The summed E-state index contributed by atoms with van der Waals surface area (Å²) >= 11 is 0. The maximum atomic E-state index is 12.0. The van der Waals surface area contributed by atoms with Crippen molar-refractivity contribution in [1.82, 2.24) is 0 Å². The van der Waals surface area contributed by atoms with E-state index in [0.717, 1.165) is 0 Å². The molecule has 19 heavy (non-hydrogen) atoms. The normalized spacial score (nSPS) is 20.0. The van der Waals surface area contributed by atoms with E-state index < -0.39 is 11.9 Å². The van der Waals surface area contributed by atoms with Crippen LogP contribution in [0.15, 0.2) is 0 Å². The van der Waals surface area contributed by atoms with Gasteiger partial charge in [0.05, 0.1) is 13.2 Å². The zero-order chi connectivity index (χ0) is 14.3. The minimum Gasteiger partial charge on any atom is -0.465 e. The van der Waals surface area contributed by atoms with Crippen molar-refractivity contribution in [3.05, 3.63) is 0 Å². The summed E-state index contributed by atoms with van der Waals surface area (Å²) in [6.07, 6.45) is 1.59. The Hall–Kier alpha value is -1.23. The van der Waals surface area contributed by atoms with Gasteiger partial charge in [0, 0.05) is 25.4 Å². The fourth-order valence-corrected chi connectivity index (χ4v) is 2.15. The lowest BCUT2D eigenvalue weighted by Gasteiger charge is -2.15. The van der Waals surface area contributed by atoms with Gasteiger partial charge >= 0.3 is 5.97 Å². The first-order chi connectivity index (χ1) is 9.10. The van der Waals surface area contributed by atoms with Crippen molar-refractivity contribution in [3.63, 3.8) is 0 Å². The summed E-state index contributed by atoms with van der Waals surface area (Å²) in [7, 11) is 0. The van der Waals surface area contributed by atoms with E-state index in [1.807, 2.05) is 6.92 Å². The SMILES string of the molecule is CCCC(=O)C(CC(=O)C1CCOC1)C(=O)OCC. The zero-order valence-electron chi connectivity index (χ0n) is 11.6. The van der Waals surface area contributed by atoms with Gasteiger partial charge in [-0.05, 0) is 19.8 Å². The van der Waals surface area contributed by atoms with Crippen LogP contribution in [-0.4, -0.2) is 37.4 Å². The number of carbonyl (C=O) groups is 3. The highest BCUT2D eigenvalue weighted by atomic mass is 16.5. The average Bonchev–Trinajstić information content (AvgIpc) is 2.90. The standard InChI is InChI=1S/C14H22O5/c1-3-5-12(15)11(14(17)19-4-2)8-13(16)10-6-7-18-9-10/h10-11H,3-9H2,1-2H3. The molecule has 1 saturated heterocycles. The third kappa shape index (κ3) is 4.74. The Morgan fingerprint density at radius 2 is 2.05 bits per heavy atom. The number of carbonyl (C=O) groups excluding carboxylic acids is 3. The predicted octanol–water partition coefficient (Wildman–Crippen LogP) is 1.53. The van der Waals surface area contributed by atoms with Crippen molar-refractivity contribution in [2.75, 3.05) is 19.8 Å². The molecule has 1 aliphatic heterocycles. The number of ketones is 2. The van der Waals surface area contributed by atoms with Crippen LogP contribution in [0.2, 0.25) is 0 Å². The number of esters is 1. The first-order valence-corrected chi connectivity index (χ1v) is 6.89. The third-order valence-corrected chi connectivity index (χ3v) is 3.25. The molecule has 2 atom stereocenters. The van der Waals surface area contributed by atoms with Crippen molar-refractivity contribution < 1.29 is 23.9 Å². The summed E-state index contributed by atoms with van der Waals surface area (Å²) in [6, 6.07) is 0. The molecule has 5 heteroatoms. The molecule has 0 radical (unpaired) electrons. The zero-order valence-corrected chi connectivity index (χ0v) is 11.6. The van der Waals surface area contributed by atoms with Crippen LogP contribution in [-0.2, 0) is 23.9 Å². The highest BCUT2D eigenvalue weighted by Gasteiger charge is 2.33. The van der Waals surface area contributed by atoms with E-state index in [1.165, 1.54) is 0 Å². The van der Waals surface area contributed by atoms with Gasteiger partial charge in [-0.1, -0.05) is 6.92 Å². The first kappa shape index (κ1) is 15.8. The van der Waals surface area contributed by atoms with Gasteiger partial charge in [-0.3, -0.25) is 14.4 Å². The van der Waals surface area contributed by atoms with Crippen molar-refractivity contribution >= 4 is 17.5 Å². The molecule has 0 saturated carbocycles. The number of hydrogen-bond acceptors (Lipinski definition) is 5. The number of rotatable bonds is 8. The molecule has 0 aromatic carbocycles. The van der Waals surface area contributed by atoms with Gasteiger partial charge in [0.15, 0.2) is 0 Å². The van der Waals surface area contributed by atoms with E-state index in [9.17, 15) is 14.4 Å². The molecule has 108 valence electrons. The lowest BCUT2D eigenvalue weighted by atomic mass is 9.89. The summed E-state index contributed by atoms with van der Waals surface area (Å²) in [5.41, 5.74) is 0. The second kappa shape index (κ2) is 8.04. The average molecular weight is 270 g/mol. The monoisotopic (exact) mass is 270 g/mol. The van der Waals surface area contributed by atoms with E-state index in [2.05, 4.69) is 0 Å². The fourth-order valence-electron chi connectivity index (χ4n) is 2.15. The molecule has 0 N–H and O–H groups in total. The second-order valence-electron chi connectivity index (χ2n) is 4.75. The van der Waals surface area contributed by atoms with Crippen LogP contribution < -0.4 is 0 Å². The van der Waals surface area contributed by atoms with E-state index >= 15 is 0 Å². The van der Waals surface area contributed by atoms with Gasteiger partial charge in [-0.2, -0.15) is 0 Å². The molecule has 0 aliphatic carbocycles. The number of ether oxygens (including phenoxy) is 2. The quantitative estimate of drug-likeness (QED) is 0.494. The molecular formula is C14H22O5. The highest BCUT2D eigenvalue weighted by Crippen LogP contribution is 2.20. The maximum absolute atomic E-state index is 12.0. The summed E-state index contributed by atoms with van der Waals surface area (Å²) in [6.45, 7) is 4.74. The van der Waals surface area contributed by atoms with Gasteiger partial charge in [0.2, 0.25) is 0 Å². The van der Waals surface area contributed by atoms with Crippen molar-refractivity contribution in [1.29, 1.82) is 0 Å². The number of hydrogen-bond donors (Lipinski definition) is 0. The van der Waals surface area contributed by atoms with E-state index in [-0.39, 0.29) is 30.5 Å². The van der Waals surface area contributed by atoms with Gasteiger partial charge in [-0.25, -0.2) is 0 Å². The van der Waals surface area contributed by atoms with Gasteiger partial charge < -0.3 is 9.47 Å². The Morgan fingerprint density at radius 3 is 2.58 bits per heavy atom. The molecule has 0 bridgehead atoms. The summed E-state index contributed by atoms with van der Waals surface area (Å²) < 4.78 is 10.0. The van der Waals surface area contributed by atoms with E-state index in [0.29, 0.717) is 32.5 Å². The largest absolute Gasteiger partial charge is 0.465 e. The van der Waals surface area contributed by atoms with Crippen LogP contribution in [0.4, 0.5) is 0 Å². The lowest BCUT2D eigenvalue weighted by molar-refractivity contribution is -0.153. The summed E-state index contributed by atoms with van der Waals surface area (Å²) in [5.74, 6) is -1.96. The minimum absolute atomic E-state index is 0.0499. The van der Waals surface area contributed by atoms with Crippen LogP contribution >= 0.6 is 0 Å². The third-order valence-electron chi connectivity index (χ3n) is 3.25. The van der Waals surface area contributed by atoms with Crippen LogP contribution in [0.3, 0.4) is 0 Å². The molecule has 1 fully saturated rings. The molecule has 0 aromatic rings. The van der Waals surface area contributed by atoms with Gasteiger partial charge in [0.1, 0.15) is 17.5 Å². The van der Waals surface area contributed by atoms with E-state index in [4.69, 9.17) is 9.47 Å². The molecule has 0 aromatic heterocycles. The topological polar surface area (TPSA) is 69.7 Å². The molecular weight excluding hydrogens is 248 g/mol. The molecule has 1 heterocycles. The van der Waals surface area contributed by atoms with Crippen LogP contribution in [0.1, 0.15) is 39.5 Å². The molecule has 1 rings (SSSR count). The van der Waals surface area contributed by atoms with Crippen LogP contribution in [0.5, 0.6) is 0 Å². The minimum atomic E-state index is -0.937. The first-order valence-electron chi connectivity index (χ1n) is 6.89. The lowest BCUT2D eigenvalue weighted by Crippen LogP contribution is -2.30. The summed E-state index contributed by atoms with van der Waals surface area (Å²) in [5, 5.41) is 0. The van der Waals surface area contributed by atoms with E-state index in [1.54, 1.807) is 6.92 Å². The molecule has 2 unspecified atom stereocenters. The fraction of sp³-hybridized carbons (Fsp3) is 0.786. The Kier molecular flexibility index (Phi) is 6.70. The Bertz CT molecular complexity index is 313. The van der Waals surface area contributed by atoms with Crippen molar-refractivity contribution in [3.8, 4) is 0 Å². The predicted molar refractivity (Wildman–Crippen MR) is 68.6 cm³/mol. The Balaban J connectivity index is 2.64. The highest BCUT2D eigenvalue weighted by molar-refractivity contribution is 6.02. The van der Waals surface area contributed by atoms with Gasteiger partial charge in [-0.15, -0.1) is 0 Å².